The molecular weight excluding hydrogens is 158 g/mol. The van der Waals surface area contributed by atoms with Crippen molar-refractivity contribution in [3.8, 4) is 0 Å². The van der Waals surface area contributed by atoms with Crippen LogP contribution in [0.3, 0.4) is 0 Å². The van der Waals surface area contributed by atoms with Gasteiger partial charge in [0.2, 0.25) is 0 Å². The van der Waals surface area contributed by atoms with Gasteiger partial charge in [0.1, 0.15) is 0 Å². The van der Waals surface area contributed by atoms with Crippen molar-refractivity contribution < 1.29 is 5.11 Å². The lowest BCUT2D eigenvalue weighted by atomic mass is 10.3. The Morgan fingerprint density at radius 1 is 1.27 bits per heavy atom. The number of thiol groups is 1. The van der Waals surface area contributed by atoms with Crippen LogP contribution in [0.2, 0.25) is 0 Å². The molecule has 68 valence electrons. The zero-order valence-corrected chi connectivity index (χ0v) is 8.19. The third kappa shape index (κ3) is 6.66. The van der Waals surface area contributed by atoms with E-state index in [1.807, 2.05) is 0 Å². The predicted molar refractivity (Wildman–Crippen MR) is 52.3 cm³/mol. The van der Waals surface area contributed by atoms with Gasteiger partial charge in [-0.1, -0.05) is 6.92 Å². The van der Waals surface area contributed by atoms with Crippen LogP contribution in [0.5, 0.6) is 0 Å². The molecule has 0 aromatic rings. The summed E-state index contributed by atoms with van der Waals surface area (Å²) >= 11 is 4.14. The van der Waals surface area contributed by atoms with E-state index in [9.17, 15) is 0 Å². The second-order valence-corrected chi connectivity index (χ2v) is 3.04. The van der Waals surface area contributed by atoms with Gasteiger partial charge in [-0.3, -0.25) is 0 Å². The van der Waals surface area contributed by atoms with Crippen molar-refractivity contribution in [2.75, 3.05) is 32.0 Å². The minimum atomic E-state index is 0.273. The highest BCUT2D eigenvalue weighted by Crippen LogP contribution is 1.95. The van der Waals surface area contributed by atoms with Gasteiger partial charge >= 0.3 is 0 Å². The first kappa shape index (κ1) is 11.3. The SMILES string of the molecule is CCN(CCO)CCCCS. The fourth-order valence-corrected chi connectivity index (χ4v) is 1.24. The quantitative estimate of drug-likeness (QED) is 0.448. The minimum Gasteiger partial charge on any atom is -0.395 e. The Bertz CT molecular complexity index is 80.5. The number of nitrogens with zero attached hydrogens (tertiary/aromatic N) is 1. The molecule has 0 aliphatic rings. The van der Waals surface area contributed by atoms with Crippen molar-refractivity contribution in [2.24, 2.45) is 0 Å². The molecule has 0 radical (unpaired) electrons. The minimum absolute atomic E-state index is 0.273. The molecular formula is C8H19NOS. The summed E-state index contributed by atoms with van der Waals surface area (Å²) in [5.41, 5.74) is 0. The molecule has 0 bridgehead atoms. The van der Waals surface area contributed by atoms with Crippen LogP contribution in [0.25, 0.3) is 0 Å². The molecule has 0 amide bonds. The van der Waals surface area contributed by atoms with Crippen LogP contribution < -0.4 is 0 Å². The molecule has 3 heteroatoms. The number of aliphatic hydroxyl groups excluding tert-OH is 1. The summed E-state index contributed by atoms with van der Waals surface area (Å²) in [6.45, 7) is 5.33. The fourth-order valence-electron chi connectivity index (χ4n) is 1.02. The molecule has 0 saturated heterocycles. The standard InChI is InChI=1S/C8H19NOS/c1-2-9(6-7-10)5-3-4-8-11/h10-11H,2-8H2,1H3. The first-order valence-electron chi connectivity index (χ1n) is 4.29. The molecule has 0 atom stereocenters. The van der Waals surface area contributed by atoms with Gasteiger partial charge in [-0.05, 0) is 31.7 Å². The molecule has 0 rings (SSSR count). The summed E-state index contributed by atoms with van der Waals surface area (Å²) in [5, 5.41) is 8.67. The lowest BCUT2D eigenvalue weighted by molar-refractivity contribution is 0.200. The van der Waals surface area contributed by atoms with E-state index in [4.69, 9.17) is 5.11 Å². The molecule has 0 saturated carbocycles. The maximum Gasteiger partial charge on any atom is 0.0558 e. The summed E-state index contributed by atoms with van der Waals surface area (Å²) in [4.78, 5) is 2.25. The van der Waals surface area contributed by atoms with Crippen molar-refractivity contribution in [3.05, 3.63) is 0 Å². The average molecular weight is 177 g/mol. The van der Waals surface area contributed by atoms with E-state index in [1.54, 1.807) is 0 Å². The highest BCUT2D eigenvalue weighted by atomic mass is 32.1. The summed E-state index contributed by atoms with van der Waals surface area (Å²) in [6.07, 6.45) is 2.36. The molecule has 0 heterocycles. The van der Waals surface area contributed by atoms with Crippen LogP contribution in [0.4, 0.5) is 0 Å². The van der Waals surface area contributed by atoms with E-state index >= 15 is 0 Å². The normalized spacial score (nSPS) is 10.9. The van der Waals surface area contributed by atoms with E-state index in [0.29, 0.717) is 0 Å². The second kappa shape index (κ2) is 8.37. The molecule has 11 heavy (non-hydrogen) atoms. The Hall–Kier alpha value is 0.270. The van der Waals surface area contributed by atoms with Gasteiger partial charge in [0.15, 0.2) is 0 Å². The van der Waals surface area contributed by atoms with Crippen molar-refractivity contribution in [2.45, 2.75) is 19.8 Å². The number of hydrogen-bond acceptors (Lipinski definition) is 3. The van der Waals surface area contributed by atoms with Crippen LogP contribution >= 0.6 is 12.6 Å². The molecule has 1 N–H and O–H groups in total. The fraction of sp³-hybridized carbons (Fsp3) is 1.00. The lowest BCUT2D eigenvalue weighted by Gasteiger charge is -2.18. The van der Waals surface area contributed by atoms with Gasteiger partial charge in [0, 0.05) is 6.54 Å². The highest BCUT2D eigenvalue weighted by Gasteiger charge is 1.98. The van der Waals surface area contributed by atoms with Crippen LogP contribution in [-0.2, 0) is 0 Å². The van der Waals surface area contributed by atoms with Gasteiger partial charge in [-0.15, -0.1) is 0 Å². The van der Waals surface area contributed by atoms with Crippen molar-refractivity contribution in [3.63, 3.8) is 0 Å². The van der Waals surface area contributed by atoms with Crippen molar-refractivity contribution in [1.29, 1.82) is 0 Å². The molecule has 0 fully saturated rings. The van der Waals surface area contributed by atoms with Crippen LogP contribution in [-0.4, -0.2) is 42.0 Å². The smallest absolute Gasteiger partial charge is 0.0558 e. The Kier molecular flexibility index (Phi) is 8.57. The predicted octanol–water partition coefficient (Wildman–Crippen LogP) is 1.01. The first-order valence-corrected chi connectivity index (χ1v) is 4.92. The molecule has 0 spiro atoms. The van der Waals surface area contributed by atoms with E-state index in [1.165, 1.54) is 12.8 Å². The highest BCUT2D eigenvalue weighted by molar-refractivity contribution is 7.80. The third-order valence-electron chi connectivity index (χ3n) is 1.75. The third-order valence-corrected chi connectivity index (χ3v) is 2.06. The number of likely N-dealkylation sites (N-methyl/N-ethyl adjacent to an activating group) is 1. The summed E-state index contributed by atoms with van der Waals surface area (Å²) < 4.78 is 0. The van der Waals surface area contributed by atoms with Crippen LogP contribution in [0, 0.1) is 0 Å². The van der Waals surface area contributed by atoms with Gasteiger partial charge in [0.25, 0.3) is 0 Å². The average Bonchev–Trinajstić information content (AvgIpc) is 2.03. The summed E-state index contributed by atoms with van der Waals surface area (Å²) in [7, 11) is 0. The molecule has 0 aromatic heterocycles. The topological polar surface area (TPSA) is 23.5 Å². The number of rotatable bonds is 7. The number of unbranched alkanes of at least 4 members (excludes halogenated alkanes) is 1. The van der Waals surface area contributed by atoms with E-state index in [-0.39, 0.29) is 6.61 Å². The van der Waals surface area contributed by atoms with Gasteiger partial charge < -0.3 is 10.0 Å². The summed E-state index contributed by atoms with van der Waals surface area (Å²) in [5.74, 6) is 0.969. The molecule has 2 nitrogen and oxygen atoms in total. The largest absolute Gasteiger partial charge is 0.395 e. The van der Waals surface area contributed by atoms with E-state index in [0.717, 1.165) is 25.4 Å². The zero-order valence-electron chi connectivity index (χ0n) is 7.29. The lowest BCUT2D eigenvalue weighted by Crippen LogP contribution is -2.27. The van der Waals surface area contributed by atoms with Gasteiger partial charge in [-0.25, -0.2) is 0 Å². The number of hydrogen-bond donors (Lipinski definition) is 2. The van der Waals surface area contributed by atoms with E-state index in [2.05, 4.69) is 24.5 Å². The van der Waals surface area contributed by atoms with Crippen LogP contribution in [0.1, 0.15) is 19.8 Å². The number of aliphatic hydroxyl groups is 1. The Balaban J connectivity index is 3.20. The molecule has 0 aliphatic carbocycles. The van der Waals surface area contributed by atoms with Crippen LogP contribution in [0.15, 0.2) is 0 Å². The van der Waals surface area contributed by atoms with Crippen molar-refractivity contribution >= 4 is 12.6 Å². The maximum absolute atomic E-state index is 8.67. The second-order valence-electron chi connectivity index (χ2n) is 2.59. The molecule has 0 unspecified atom stereocenters. The zero-order chi connectivity index (χ0) is 8.53. The first-order chi connectivity index (χ1) is 5.35. The monoisotopic (exact) mass is 177 g/mol. The summed E-state index contributed by atoms with van der Waals surface area (Å²) in [6, 6.07) is 0. The van der Waals surface area contributed by atoms with Gasteiger partial charge in [-0.2, -0.15) is 12.6 Å². The van der Waals surface area contributed by atoms with Crippen molar-refractivity contribution in [1.82, 2.24) is 4.90 Å². The molecule has 0 aromatic carbocycles. The Morgan fingerprint density at radius 3 is 2.45 bits per heavy atom. The Morgan fingerprint density at radius 2 is 2.00 bits per heavy atom. The van der Waals surface area contributed by atoms with Gasteiger partial charge in [0.05, 0.1) is 6.61 Å². The molecule has 0 aliphatic heterocycles. The Labute approximate surface area is 75.0 Å². The van der Waals surface area contributed by atoms with E-state index < -0.39 is 0 Å². The maximum atomic E-state index is 8.67.